The summed E-state index contributed by atoms with van der Waals surface area (Å²) in [4.78, 5) is 22.9. The predicted octanol–water partition coefficient (Wildman–Crippen LogP) is 3.35. The highest BCUT2D eigenvalue weighted by atomic mass is 32.2. The van der Waals surface area contributed by atoms with Crippen LogP contribution in [0.2, 0.25) is 0 Å². The molecule has 1 N–H and O–H groups in total. The van der Waals surface area contributed by atoms with Gasteiger partial charge in [-0.3, -0.25) is 9.59 Å². The van der Waals surface area contributed by atoms with Gasteiger partial charge < -0.3 is 9.73 Å². The van der Waals surface area contributed by atoms with Crippen LogP contribution in [0.25, 0.3) is 0 Å². The number of hydrogen-bond acceptors (Lipinski definition) is 4. The first-order valence-electron chi connectivity index (χ1n) is 6.16. The van der Waals surface area contributed by atoms with Gasteiger partial charge in [-0.05, 0) is 36.4 Å². The smallest absolute Gasteiger partial charge is 0.221 e. The molecule has 0 saturated carbocycles. The predicted molar refractivity (Wildman–Crippen MR) is 79.9 cm³/mol. The van der Waals surface area contributed by atoms with Gasteiger partial charge in [-0.25, -0.2) is 0 Å². The Labute approximate surface area is 121 Å². The molecule has 0 atom stereocenters. The summed E-state index contributed by atoms with van der Waals surface area (Å²) in [6, 6.07) is 10.6. The van der Waals surface area contributed by atoms with Gasteiger partial charge in [-0.15, -0.1) is 11.8 Å². The molecule has 0 aliphatic carbocycles. The van der Waals surface area contributed by atoms with Gasteiger partial charge >= 0.3 is 0 Å². The van der Waals surface area contributed by atoms with E-state index in [0.29, 0.717) is 22.8 Å². The summed E-state index contributed by atoms with van der Waals surface area (Å²) in [5.74, 6) is 1.89. The van der Waals surface area contributed by atoms with Crippen molar-refractivity contribution in [2.75, 3.05) is 11.1 Å². The van der Waals surface area contributed by atoms with Crippen LogP contribution in [-0.2, 0) is 10.5 Å². The highest BCUT2D eigenvalue weighted by Crippen LogP contribution is 2.16. The van der Waals surface area contributed by atoms with Crippen molar-refractivity contribution in [2.45, 2.75) is 12.7 Å². The van der Waals surface area contributed by atoms with Gasteiger partial charge in [0.15, 0.2) is 5.78 Å². The van der Waals surface area contributed by atoms with Crippen LogP contribution in [0.1, 0.15) is 23.0 Å². The highest BCUT2D eigenvalue weighted by molar-refractivity contribution is 7.99. The van der Waals surface area contributed by atoms with Crippen molar-refractivity contribution in [1.29, 1.82) is 0 Å². The van der Waals surface area contributed by atoms with Crippen LogP contribution < -0.4 is 5.32 Å². The molecule has 1 heterocycles. The minimum Gasteiger partial charge on any atom is -0.468 e. The highest BCUT2D eigenvalue weighted by Gasteiger charge is 2.07. The number of carbonyl (C=O) groups excluding carboxylic acids is 2. The minimum atomic E-state index is -0.127. The number of rotatable bonds is 6. The van der Waals surface area contributed by atoms with Crippen LogP contribution in [0.5, 0.6) is 0 Å². The van der Waals surface area contributed by atoms with Crippen LogP contribution in [-0.4, -0.2) is 17.4 Å². The lowest BCUT2D eigenvalue weighted by atomic mass is 10.1. The third-order valence-electron chi connectivity index (χ3n) is 2.58. The molecule has 104 valence electrons. The maximum atomic E-state index is 12.0. The molecule has 20 heavy (non-hydrogen) atoms. The van der Waals surface area contributed by atoms with Gasteiger partial charge in [0.2, 0.25) is 5.91 Å². The zero-order valence-corrected chi connectivity index (χ0v) is 11.9. The van der Waals surface area contributed by atoms with E-state index in [4.69, 9.17) is 4.42 Å². The van der Waals surface area contributed by atoms with Gasteiger partial charge in [0.05, 0.1) is 17.8 Å². The molecular weight excluding hydrogens is 274 g/mol. The molecule has 0 bridgehead atoms. The normalized spacial score (nSPS) is 10.2. The van der Waals surface area contributed by atoms with E-state index in [-0.39, 0.29) is 11.7 Å². The standard InChI is InChI=1S/C15H15NO3S/c1-11(17)16-13-6-4-12(5-7-13)15(18)10-20-9-14-3-2-8-19-14/h2-8H,9-10H2,1H3,(H,16,17). The van der Waals surface area contributed by atoms with Crippen LogP contribution in [0, 0.1) is 0 Å². The van der Waals surface area contributed by atoms with Gasteiger partial charge in [0.1, 0.15) is 5.76 Å². The minimum absolute atomic E-state index is 0.0657. The molecular formula is C15H15NO3S. The molecule has 0 aliphatic heterocycles. The van der Waals surface area contributed by atoms with E-state index in [1.807, 2.05) is 12.1 Å². The number of anilines is 1. The third-order valence-corrected chi connectivity index (χ3v) is 3.54. The number of hydrogen-bond donors (Lipinski definition) is 1. The second-order valence-electron chi connectivity index (χ2n) is 4.25. The topological polar surface area (TPSA) is 59.3 Å². The van der Waals surface area contributed by atoms with Crippen molar-refractivity contribution in [2.24, 2.45) is 0 Å². The van der Waals surface area contributed by atoms with Crippen molar-refractivity contribution in [1.82, 2.24) is 0 Å². The fraction of sp³-hybridized carbons (Fsp3) is 0.200. The van der Waals surface area contributed by atoms with E-state index >= 15 is 0 Å². The average molecular weight is 289 g/mol. The number of furan rings is 1. The number of nitrogens with one attached hydrogen (secondary N) is 1. The van der Waals surface area contributed by atoms with E-state index in [0.717, 1.165) is 5.76 Å². The lowest BCUT2D eigenvalue weighted by Gasteiger charge is -2.04. The largest absolute Gasteiger partial charge is 0.468 e. The third kappa shape index (κ3) is 4.28. The molecule has 0 spiro atoms. The van der Waals surface area contributed by atoms with E-state index in [9.17, 15) is 9.59 Å². The molecule has 5 heteroatoms. The van der Waals surface area contributed by atoms with Crippen LogP contribution >= 0.6 is 11.8 Å². The lowest BCUT2D eigenvalue weighted by Crippen LogP contribution is -2.07. The van der Waals surface area contributed by atoms with E-state index < -0.39 is 0 Å². The SMILES string of the molecule is CC(=O)Nc1ccc(C(=O)CSCc2ccco2)cc1. The van der Waals surface area contributed by atoms with Crippen molar-refractivity contribution >= 4 is 29.1 Å². The zero-order chi connectivity index (χ0) is 14.4. The Kier molecular flexibility index (Phi) is 5.01. The Bertz CT molecular complexity index is 576. The Morgan fingerprint density at radius 1 is 1.20 bits per heavy atom. The fourth-order valence-corrected chi connectivity index (χ4v) is 2.48. The number of Topliss-reactive ketones (excluding diaryl/α,β-unsaturated/α-hetero) is 1. The van der Waals surface area contributed by atoms with Gasteiger partial charge in [-0.1, -0.05) is 0 Å². The summed E-state index contributed by atoms with van der Waals surface area (Å²) in [5.41, 5.74) is 1.34. The lowest BCUT2D eigenvalue weighted by molar-refractivity contribution is -0.114. The molecule has 2 aromatic rings. The van der Waals surface area contributed by atoms with E-state index in [1.54, 1.807) is 30.5 Å². The quantitative estimate of drug-likeness (QED) is 0.828. The summed E-state index contributed by atoms with van der Waals surface area (Å²) < 4.78 is 5.20. The summed E-state index contributed by atoms with van der Waals surface area (Å²) >= 11 is 1.52. The second kappa shape index (κ2) is 6.96. The van der Waals surface area contributed by atoms with Crippen molar-refractivity contribution in [3.63, 3.8) is 0 Å². The van der Waals surface area contributed by atoms with Crippen LogP contribution in [0.15, 0.2) is 47.1 Å². The van der Waals surface area contributed by atoms with Crippen molar-refractivity contribution < 1.29 is 14.0 Å². The van der Waals surface area contributed by atoms with Gasteiger partial charge in [0, 0.05) is 18.2 Å². The van der Waals surface area contributed by atoms with Gasteiger partial charge in [-0.2, -0.15) is 0 Å². The summed E-state index contributed by atoms with van der Waals surface area (Å²) in [7, 11) is 0. The number of thioether (sulfide) groups is 1. The number of amides is 1. The molecule has 4 nitrogen and oxygen atoms in total. The van der Waals surface area contributed by atoms with Crippen molar-refractivity contribution in [3.8, 4) is 0 Å². The maximum Gasteiger partial charge on any atom is 0.221 e. The van der Waals surface area contributed by atoms with Gasteiger partial charge in [0.25, 0.3) is 0 Å². The summed E-state index contributed by atoms with van der Waals surface area (Å²) in [6.07, 6.45) is 1.62. The van der Waals surface area contributed by atoms with E-state index in [2.05, 4.69) is 5.32 Å². The Hall–Kier alpha value is -2.01. The Morgan fingerprint density at radius 3 is 2.55 bits per heavy atom. The summed E-state index contributed by atoms with van der Waals surface area (Å²) in [5, 5.41) is 2.66. The van der Waals surface area contributed by atoms with Crippen LogP contribution in [0.4, 0.5) is 5.69 Å². The second-order valence-corrected chi connectivity index (χ2v) is 5.24. The average Bonchev–Trinajstić information content (AvgIpc) is 2.92. The number of benzene rings is 1. The van der Waals surface area contributed by atoms with Crippen LogP contribution in [0.3, 0.4) is 0 Å². The van der Waals surface area contributed by atoms with E-state index in [1.165, 1.54) is 18.7 Å². The summed E-state index contributed by atoms with van der Waals surface area (Å²) in [6.45, 7) is 1.45. The first kappa shape index (κ1) is 14.4. The molecule has 0 unspecified atom stereocenters. The molecule has 2 rings (SSSR count). The fourth-order valence-electron chi connectivity index (χ4n) is 1.67. The molecule has 1 amide bonds. The number of carbonyl (C=O) groups is 2. The zero-order valence-electron chi connectivity index (χ0n) is 11.1. The van der Waals surface area contributed by atoms with Crippen molar-refractivity contribution in [3.05, 3.63) is 54.0 Å². The first-order chi connectivity index (χ1) is 9.65. The Morgan fingerprint density at radius 2 is 1.95 bits per heavy atom. The molecule has 0 radical (unpaired) electrons. The monoisotopic (exact) mass is 289 g/mol. The number of ketones is 1. The molecule has 1 aromatic carbocycles. The maximum absolute atomic E-state index is 12.0. The molecule has 0 aliphatic rings. The Balaban J connectivity index is 1.84. The molecule has 0 fully saturated rings. The first-order valence-corrected chi connectivity index (χ1v) is 7.31. The molecule has 0 saturated heterocycles. The molecule has 1 aromatic heterocycles.